The Labute approximate surface area is 232 Å². The van der Waals surface area contributed by atoms with Gasteiger partial charge in [0.2, 0.25) is 5.95 Å². The fraction of sp³-hybridized carbons (Fsp3) is 0.250. The third-order valence-electron chi connectivity index (χ3n) is 6.93. The van der Waals surface area contributed by atoms with E-state index in [9.17, 15) is 22.8 Å². The summed E-state index contributed by atoms with van der Waals surface area (Å²) < 4.78 is 40.8. The average Bonchev–Trinajstić information content (AvgIpc) is 3.38. The molecule has 5 rings (SSSR count). The third-order valence-corrected chi connectivity index (χ3v) is 7.34. The monoisotopic (exact) mass is 570 g/mol. The number of alkyl halides is 3. The van der Waals surface area contributed by atoms with Crippen LogP contribution in [0.5, 0.6) is 0 Å². The van der Waals surface area contributed by atoms with Gasteiger partial charge in [0, 0.05) is 23.8 Å². The van der Waals surface area contributed by atoms with Crippen molar-refractivity contribution >= 4 is 51.8 Å². The Morgan fingerprint density at radius 3 is 2.50 bits per heavy atom. The van der Waals surface area contributed by atoms with Crippen LogP contribution in [0.3, 0.4) is 0 Å². The SMILES string of the molecule is Cc1c(Cl)cccc1NC(=O)c1cc(N(N)C(=O)c2ccccc2C(F)(F)F)cc2[nH]c(N3CCCCC3)nc12. The van der Waals surface area contributed by atoms with Crippen LogP contribution in [-0.2, 0) is 6.18 Å². The first-order chi connectivity index (χ1) is 19.0. The Hall–Kier alpha value is -4.09. The maximum Gasteiger partial charge on any atom is 0.417 e. The van der Waals surface area contributed by atoms with E-state index in [1.807, 2.05) is 0 Å². The molecule has 1 aliphatic heterocycles. The largest absolute Gasteiger partial charge is 0.417 e. The standard InChI is InChI=1S/C28H26ClF3N6O2/c1-16-21(29)10-7-11-22(16)34-25(39)19-14-17(15-23-24(19)36-27(35-23)37-12-5-2-6-13-37)38(33)26(40)18-8-3-4-9-20(18)28(30,31)32/h3-4,7-11,14-15H,2,5-6,12-13,33H2,1H3,(H,34,39)(H,35,36). The predicted molar refractivity (Wildman–Crippen MR) is 149 cm³/mol. The second kappa shape index (κ2) is 10.8. The van der Waals surface area contributed by atoms with Crippen molar-refractivity contribution < 1.29 is 22.8 Å². The molecule has 2 heterocycles. The molecule has 8 nitrogen and oxygen atoms in total. The van der Waals surface area contributed by atoms with Crippen molar-refractivity contribution in [3.8, 4) is 0 Å². The molecular formula is C28H26ClF3N6O2. The number of benzene rings is 3. The molecule has 4 N–H and O–H groups in total. The Morgan fingerprint density at radius 1 is 1.05 bits per heavy atom. The summed E-state index contributed by atoms with van der Waals surface area (Å²) in [6, 6.07) is 12.3. The van der Waals surface area contributed by atoms with Crippen molar-refractivity contribution in [3.05, 3.63) is 81.9 Å². The van der Waals surface area contributed by atoms with Crippen LogP contribution in [0.15, 0.2) is 54.6 Å². The molecule has 0 radical (unpaired) electrons. The van der Waals surface area contributed by atoms with Crippen LogP contribution in [-0.4, -0.2) is 34.9 Å². The molecule has 1 aromatic heterocycles. The number of anilines is 3. The summed E-state index contributed by atoms with van der Waals surface area (Å²) in [5, 5.41) is 3.89. The molecule has 0 aliphatic carbocycles. The first-order valence-corrected chi connectivity index (χ1v) is 13.0. The number of amides is 2. The molecule has 0 unspecified atom stereocenters. The fourth-order valence-electron chi connectivity index (χ4n) is 4.75. The highest BCUT2D eigenvalue weighted by Crippen LogP contribution is 2.34. The van der Waals surface area contributed by atoms with Gasteiger partial charge in [-0.25, -0.2) is 15.8 Å². The van der Waals surface area contributed by atoms with Gasteiger partial charge in [0.05, 0.1) is 27.9 Å². The molecule has 1 aliphatic rings. The van der Waals surface area contributed by atoms with Crippen LogP contribution in [0.4, 0.5) is 30.5 Å². The van der Waals surface area contributed by atoms with Crippen LogP contribution in [0.1, 0.15) is 51.1 Å². The molecule has 0 bridgehead atoms. The zero-order chi connectivity index (χ0) is 28.6. The van der Waals surface area contributed by atoms with E-state index < -0.39 is 29.1 Å². The molecule has 2 amide bonds. The minimum absolute atomic E-state index is 0.0105. The minimum Gasteiger partial charge on any atom is -0.342 e. The number of hydrogen-bond acceptors (Lipinski definition) is 5. The van der Waals surface area contributed by atoms with Crippen molar-refractivity contribution in [3.63, 3.8) is 0 Å². The molecular weight excluding hydrogens is 545 g/mol. The number of carbonyl (C=O) groups excluding carboxylic acids is 2. The highest BCUT2D eigenvalue weighted by Gasteiger charge is 2.36. The molecule has 0 atom stereocenters. The van der Waals surface area contributed by atoms with Gasteiger partial charge in [-0.15, -0.1) is 0 Å². The maximum atomic E-state index is 13.6. The van der Waals surface area contributed by atoms with Gasteiger partial charge in [0.1, 0.15) is 5.52 Å². The van der Waals surface area contributed by atoms with Crippen LogP contribution in [0, 0.1) is 6.92 Å². The third kappa shape index (κ3) is 5.34. The normalized spacial score (nSPS) is 13.9. The summed E-state index contributed by atoms with van der Waals surface area (Å²) in [5.41, 5.74) is 0.228. The van der Waals surface area contributed by atoms with E-state index in [0.717, 1.165) is 44.5 Å². The number of aromatic amines is 1. The van der Waals surface area contributed by atoms with Gasteiger partial charge in [-0.2, -0.15) is 13.2 Å². The Bertz CT molecular complexity index is 1600. The number of hydrogen-bond donors (Lipinski definition) is 3. The minimum atomic E-state index is -4.76. The van der Waals surface area contributed by atoms with Gasteiger partial charge >= 0.3 is 6.18 Å². The number of rotatable bonds is 5. The van der Waals surface area contributed by atoms with E-state index >= 15 is 0 Å². The number of nitrogens with zero attached hydrogens (tertiary/aromatic N) is 3. The molecule has 12 heteroatoms. The van der Waals surface area contributed by atoms with E-state index in [-0.39, 0.29) is 11.3 Å². The number of aromatic nitrogens is 2. The van der Waals surface area contributed by atoms with Gasteiger partial charge in [0.15, 0.2) is 0 Å². The lowest BCUT2D eigenvalue weighted by Crippen LogP contribution is -2.38. The van der Waals surface area contributed by atoms with E-state index in [2.05, 4.69) is 20.2 Å². The van der Waals surface area contributed by atoms with Crippen molar-refractivity contribution in [1.29, 1.82) is 0 Å². The predicted octanol–water partition coefficient (Wildman–Crippen LogP) is 6.31. The van der Waals surface area contributed by atoms with Crippen LogP contribution >= 0.6 is 11.6 Å². The summed E-state index contributed by atoms with van der Waals surface area (Å²) in [5.74, 6) is 5.03. The average molecular weight is 571 g/mol. The topological polar surface area (TPSA) is 107 Å². The number of piperidine rings is 1. The quantitative estimate of drug-likeness (QED) is 0.148. The number of nitrogens with two attached hydrogens (primary N) is 1. The van der Waals surface area contributed by atoms with Gasteiger partial charge < -0.3 is 15.2 Å². The molecule has 40 heavy (non-hydrogen) atoms. The zero-order valence-electron chi connectivity index (χ0n) is 21.5. The number of halogens is 4. The summed E-state index contributed by atoms with van der Waals surface area (Å²) in [6.07, 6.45) is -1.67. The summed E-state index contributed by atoms with van der Waals surface area (Å²) in [4.78, 5) is 36.7. The lowest BCUT2D eigenvalue weighted by atomic mass is 10.1. The van der Waals surface area contributed by atoms with Gasteiger partial charge in [-0.3, -0.25) is 9.59 Å². The Kier molecular flexibility index (Phi) is 7.43. The molecule has 0 spiro atoms. The lowest BCUT2D eigenvalue weighted by Gasteiger charge is -2.25. The number of nitrogens with one attached hydrogen (secondary N) is 2. The van der Waals surface area contributed by atoms with Crippen LogP contribution in [0.2, 0.25) is 5.02 Å². The molecule has 208 valence electrons. The first kappa shape index (κ1) is 27.5. The van der Waals surface area contributed by atoms with Gasteiger partial charge in [-0.1, -0.05) is 29.8 Å². The number of imidazole rings is 1. The molecule has 3 aromatic carbocycles. The Balaban J connectivity index is 1.59. The van der Waals surface area contributed by atoms with E-state index in [0.29, 0.717) is 38.3 Å². The van der Waals surface area contributed by atoms with Gasteiger partial charge in [-0.05, 0) is 68.1 Å². The number of hydrazine groups is 1. The lowest BCUT2D eigenvalue weighted by molar-refractivity contribution is -0.137. The van der Waals surface area contributed by atoms with Crippen LogP contribution < -0.4 is 21.1 Å². The smallest absolute Gasteiger partial charge is 0.342 e. The molecule has 1 fully saturated rings. The van der Waals surface area contributed by atoms with Crippen molar-refractivity contribution in [2.45, 2.75) is 32.4 Å². The van der Waals surface area contributed by atoms with Gasteiger partial charge in [0.25, 0.3) is 11.8 Å². The van der Waals surface area contributed by atoms with Crippen molar-refractivity contribution in [1.82, 2.24) is 9.97 Å². The highest BCUT2D eigenvalue weighted by molar-refractivity contribution is 6.31. The summed E-state index contributed by atoms with van der Waals surface area (Å²) >= 11 is 6.22. The first-order valence-electron chi connectivity index (χ1n) is 12.6. The second-order valence-corrected chi connectivity index (χ2v) is 9.99. The van der Waals surface area contributed by atoms with Crippen molar-refractivity contribution in [2.24, 2.45) is 5.84 Å². The highest BCUT2D eigenvalue weighted by atomic mass is 35.5. The molecule has 1 saturated heterocycles. The molecule has 4 aromatic rings. The van der Waals surface area contributed by atoms with E-state index in [1.165, 1.54) is 24.3 Å². The van der Waals surface area contributed by atoms with E-state index in [1.54, 1.807) is 25.1 Å². The molecule has 0 saturated carbocycles. The van der Waals surface area contributed by atoms with Crippen LogP contribution in [0.25, 0.3) is 11.0 Å². The summed E-state index contributed by atoms with van der Waals surface area (Å²) in [7, 11) is 0. The number of carbonyl (C=O) groups is 2. The van der Waals surface area contributed by atoms with Crippen molar-refractivity contribution in [2.75, 3.05) is 28.3 Å². The number of fused-ring (bicyclic) bond motifs is 1. The zero-order valence-corrected chi connectivity index (χ0v) is 22.2. The second-order valence-electron chi connectivity index (χ2n) is 9.58. The summed E-state index contributed by atoms with van der Waals surface area (Å²) in [6.45, 7) is 3.32. The number of H-pyrrole nitrogens is 1. The Morgan fingerprint density at radius 2 is 1.77 bits per heavy atom. The fourth-order valence-corrected chi connectivity index (χ4v) is 4.93. The maximum absolute atomic E-state index is 13.6. The van der Waals surface area contributed by atoms with E-state index in [4.69, 9.17) is 17.4 Å².